The maximum Gasteiger partial charge on any atom is 0.408 e. The van der Waals surface area contributed by atoms with Crippen LogP contribution in [-0.4, -0.2) is 62.3 Å². The smallest absolute Gasteiger partial charge is 0.408 e. The van der Waals surface area contributed by atoms with E-state index in [1.807, 2.05) is 66.7 Å². The fourth-order valence-electron chi connectivity index (χ4n) is 5.07. The number of hydrogen-bond acceptors (Lipinski definition) is 7. The Labute approximate surface area is 292 Å². The Kier molecular flexibility index (Phi) is 12.5. The number of carboxylic acid groups (broad SMARTS) is 1. The molecule has 4 rings (SSSR count). The van der Waals surface area contributed by atoms with Crippen molar-refractivity contribution in [1.82, 2.24) is 20.2 Å². The van der Waals surface area contributed by atoms with E-state index in [2.05, 4.69) is 20.9 Å². The van der Waals surface area contributed by atoms with Crippen molar-refractivity contribution in [2.75, 3.05) is 11.9 Å². The Hall–Kier alpha value is -5.49. The number of rotatable bonds is 15. The molecule has 12 nitrogen and oxygen atoms in total. The number of imidazole rings is 1. The highest BCUT2D eigenvalue weighted by molar-refractivity contribution is 5.98. The lowest BCUT2D eigenvalue weighted by molar-refractivity contribution is -0.139. The van der Waals surface area contributed by atoms with E-state index in [1.165, 1.54) is 13.8 Å². The Morgan fingerprint density at radius 2 is 1.46 bits per heavy atom. The van der Waals surface area contributed by atoms with E-state index in [9.17, 15) is 24.3 Å². The second-order valence-electron chi connectivity index (χ2n) is 13.4. The fraction of sp³-hybridized carbons (Fsp3) is 0.342. The van der Waals surface area contributed by atoms with Crippen LogP contribution in [0.3, 0.4) is 0 Å². The molecule has 0 spiro atoms. The Bertz CT molecular complexity index is 1740. The molecule has 0 saturated heterocycles. The van der Waals surface area contributed by atoms with Crippen molar-refractivity contribution < 1.29 is 33.8 Å². The summed E-state index contributed by atoms with van der Waals surface area (Å²) < 4.78 is 13.0. The Balaban J connectivity index is 1.55. The zero-order valence-electron chi connectivity index (χ0n) is 29.0. The summed E-state index contributed by atoms with van der Waals surface area (Å²) in [6.45, 7) is 8.44. The number of alkyl carbamates (subject to hydrolysis) is 1. The second-order valence-corrected chi connectivity index (χ2v) is 13.4. The van der Waals surface area contributed by atoms with Gasteiger partial charge in [0.2, 0.25) is 5.91 Å². The van der Waals surface area contributed by atoms with Gasteiger partial charge in [0.05, 0.1) is 19.1 Å². The third kappa shape index (κ3) is 11.0. The van der Waals surface area contributed by atoms with Gasteiger partial charge in [-0.1, -0.05) is 91.0 Å². The average Bonchev–Trinajstić information content (AvgIpc) is 3.46. The van der Waals surface area contributed by atoms with Crippen LogP contribution in [0.4, 0.5) is 10.6 Å². The first-order chi connectivity index (χ1) is 23.7. The number of aryl methyl sites for hydroxylation is 1. The van der Waals surface area contributed by atoms with Gasteiger partial charge in [0.1, 0.15) is 23.0 Å². The van der Waals surface area contributed by atoms with Crippen molar-refractivity contribution in [1.29, 1.82) is 0 Å². The van der Waals surface area contributed by atoms with Gasteiger partial charge in [0.15, 0.2) is 5.82 Å². The molecule has 0 fully saturated rings. The molecule has 2 atom stereocenters. The summed E-state index contributed by atoms with van der Waals surface area (Å²) in [7, 11) is 0. The van der Waals surface area contributed by atoms with Crippen LogP contribution in [0.1, 0.15) is 58.1 Å². The zero-order chi connectivity index (χ0) is 36.3. The SMILES string of the molecule is CC(C)(C)OC(=O)NC(C)(C)C(=O)N[C@H](COCc1ccccc1)C(=O)Nc1cn(CCC(C(=O)O)c2ccccc2)c(-c2ccccc2)n1. The van der Waals surface area contributed by atoms with E-state index < -0.39 is 47.0 Å². The number of carbonyl (C=O) groups is 4. The maximum absolute atomic E-state index is 13.8. The lowest BCUT2D eigenvalue weighted by Crippen LogP contribution is -2.59. The van der Waals surface area contributed by atoms with Crippen LogP contribution in [0.25, 0.3) is 11.4 Å². The molecule has 4 aromatic rings. The predicted molar refractivity (Wildman–Crippen MR) is 189 cm³/mol. The molecule has 0 saturated carbocycles. The molecule has 50 heavy (non-hydrogen) atoms. The largest absolute Gasteiger partial charge is 0.481 e. The van der Waals surface area contributed by atoms with Gasteiger partial charge in [-0.2, -0.15) is 0 Å². The van der Waals surface area contributed by atoms with Crippen LogP contribution in [0, 0.1) is 0 Å². The van der Waals surface area contributed by atoms with Crippen molar-refractivity contribution in [3.63, 3.8) is 0 Å². The molecule has 0 radical (unpaired) electrons. The number of hydrogen-bond donors (Lipinski definition) is 4. The number of carbonyl (C=O) groups excluding carboxylic acids is 3. The first-order valence-electron chi connectivity index (χ1n) is 16.4. The van der Waals surface area contributed by atoms with Gasteiger partial charge >= 0.3 is 12.1 Å². The van der Waals surface area contributed by atoms with E-state index in [0.717, 1.165) is 11.1 Å². The first kappa shape index (κ1) is 37.3. The average molecular weight is 684 g/mol. The number of ether oxygens (including phenoxy) is 2. The fourth-order valence-corrected chi connectivity index (χ4v) is 5.07. The number of aliphatic carboxylic acids is 1. The van der Waals surface area contributed by atoms with Gasteiger partial charge in [-0.25, -0.2) is 9.78 Å². The van der Waals surface area contributed by atoms with Crippen LogP contribution in [0.5, 0.6) is 0 Å². The third-order valence-electron chi connectivity index (χ3n) is 7.62. The minimum absolute atomic E-state index is 0.182. The van der Waals surface area contributed by atoms with Crippen LogP contribution >= 0.6 is 0 Å². The molecule has 12 heteroatoms. The maximum atomic E-state index is 13.8. The molecule has 264 valence electrons. The van der Waals surface area contributed by atoms with E-state index in [4.69, 9.17) is 9.47 Å². The minimum Gasteiger partial charge on any atom is -0.481 e. The summed E-state index contributed by atoms with van der Waals surface area (Å²) in [5.41, 5.74) is 0.120. The molecule has 0 bridgehead atoms. The van der Waals surface area contributed by atoms with Crippen molar-refractivity contribution in [2.24, 2.45) is 0 Å². The minimum atomic E-state index is -1.44. The van der Waals surface area contributed by atoms with Crippen molar-refractivity contribution >= 4 is 29.7 Å². The summed E-state index contributed by atoms with van der Waals surface area (Å²) >= 11 is 0. The van der Waals surface area contributed by atoms with Crippen LogP contribution < -0.4 is 16.0 Å². The number of benzene rings is 3. The molecule has 3 aromatic carbocycles. The van der Waals surface area contributed by atoms with Crippen molar-refractivity contribution in [3.05, 3.63) is 108 Å². The molecular weight excluding hydrogens is 638 g/mol. The molecular formula is C38H45N5O7. The summed E-state index contributed by atoms with van der Waals surface area (Å²) in [5, 5.41) is 18.1. The molecule has 1 heterocycles. The van der Waals surface area contributed by atoms with Gasteiger partial charge in [-0.05, 0) is 52.2 Å². The molecule has 1 unspecified atom stereocenters. The number of nitrogens with one attached hydrogen (secondary N) is 3. The predicted octanol–water partition coefficient (Wildman–Crippen LogP) is 5.75. The number of amides is 3. The Morgan fingerprint density at radius 3 is 2.06 bits per heavy atom. The normalized spacial score (nSPS) is 12.7. The van der Waals surface area contributed by atoms with E-state index in [-0.39, 0.29) is 25.5 Å². The topological polar surface area (TPSA) is 161 Å². The molecule has 4 N–H and O–H groups in total. The zero-order valence-corrected chi connectivity index (χ0v) is 29.0. The van der Waals surface area contributed by atoms with Crippen molar-refractivity contribution in [2.45, 2.75) is 77.3 Å². The van der Waals surface area contributed by atoms with Crippen LogP contribution in [0.2, 0.25) is 0 Å². The first-order valence-corrected chi connectivity index (χ1v) is 16.4. The number of carboxylic acids is 1. The molecule has 0 aliphatic carbocycles. The molecule has 1 aromatic heterocycles. The highest BCUT2D eigenvalue weighted by Gasteiger charge is 2.35. The quantitative estimate of drug-likeness (QED) is 0.123. The van der Waals surface area contributed by atoms with E-state index in [0.29, 0.717) is 17.9 Å². The Morgan fingerprint density at radius 1 is 0.860 bits per heavy atom. The van der Waals surface area contributed by atoms with Gasteiger partial charge < -0.3 is 35.1 Å². The number of aromatic nitrogens is 2. The third-order valence-corrected chi connectivity index (χ3v) is 7.62. The van der Waals surface area contributed by atoms with E-state index in [1.54, 1.807) is 55.8 Å². The van der Waals surface area contributed by atoms with Crippen molar-refractivity contribution in [3.8, 4) is 11.4 Å². The summed E-state index contributed by atoms with van der Waals surface area (Å²) in [6.07, 6.45) is 1.13. The highest BCUT2D eigenvalue weighted by Crippen LogP contribution is 2.26. The second kappa shape index (κ2) is 16.8. The van der Waals surface area contributed by atoms with Crippen LogP contribution in [-0.2, 0) is 37.0 Å². The van der Waals surface area contributed by atoms with Gasteiger partial charge in [-0.3, -0.25) is 14.4 Å². The monoisotopic (exact) mass is 683 g/mol. The van der Waals surface area contributed by atoms with E-state index >= 15 is 0 Å². The number of nitrogens with zero attached hydrogens (tertiary/aromatic N) is 2. The van der Waals surface area contributed by atoms with Crippen LogP contribution in [0.15, 0.2) is 97.2 Å². The summed E-state index contributed by atoms with van der Waals surface area (Å²) in [5.74, 6) is -2.20. The lowest BCUT2D eigenvalue weighted by Gasteiger charge is -2.29. The van der Waals surface area contributed by atoms with Gasteiger partial charge in [-0.15, -0.1) is 0 Å². The molecule has 0 aliphatic rings. The molecule has 3 amide bonds. The summed E-state index contributed by atoms with van der Waals surface area (Å²) in [4.78, 5) is 56.6. The lowest BCUT2D eigenvalue weighted by atomic mass is 9.96. The number of anilines is 1. The van der Waals surface area contributed by atoms with Gasteiger partial charge in [0, 0.05) is 18.3 Å². The summed E-state index contributed by atoms with van der Waals surface area (Å²) in [6, 6.07) is 26.6. The highest BCUT2D eigenvalue weighted by atomic mass is 16.6. The van der Waals surface area contributed by atoms with Gasteiger partial charge in [0.25, 0.3) is 5.91 Å². The standard InChI is InChI=1S/C38H45N5O7/c1-37(2,3)50-36(48)42-38(4,5)35(47)39-30(25-49-24-26-15-9-6-10-16-26)33(44)41-31-23-43(32(40-31)28-19-13-8-14-20-28)22-21-29(34(45)46)27-17-11-7-12-18-27/h6-20,23,29-30H,21-22,24-25H2,1-5H3,(H,39,47)(H,41,44)(H,42,48)(H,45,46)/t29?,30-/m1/s1. The molecule has 0 aliphatic heterocycles.